The lowest BCUT2D eigenvalue weighted by atomic mass is 10.1. The second-order valence-electron chi connectivity index (χ2n) is 8.02. The summed E-state index contributed by atoms with van der Waals surface area (Å²) in [6.45, 7) is 1.72. The van der Waals surface area contributed by atoms with Crippen LogP contribution in [0.4, 0.5) is 24.5 Å². The Morgan fingerprint density at radius 3 is 2.28 bits per heavy atom. The van der Waals surface area contributed by atoms with Gasteiger partial charge in [-0.2, -0.15) is 13.2 Å². The van der Waals surface area contributed by atoms with Crippen molar-refractivity contribution < 1.29 is 27.6 Å². The van der Waals surface area contributed by atoms with E-state index in [9.17, 15) is 27.6 Å². The van der Waals surface area contributed by atoms with Crippen LogP contribution in [0.3, 0.4) is 0 Å². The second kappa shape index (κ2) is 9.87. The van der Waals surface area contributed by atoms with Crippen molar-refractivity contribution in [1.82, 2.24) is 4.90 Å². The lowest BCUT2D eigenvalue weighted by Crippen LogP contribution is -2.31. The lowest BCUT2D eigenvalue weighted by Gasteiger charge is -2.16. The summed E-state index contributed by atoms with van der Waals surface area (Å²) in [5, 5.41) is 4.80. The van der Waals surface area contributed by atoms with Gasteiger partial charge in [0, 0.05) is 11.3 Å². The third-order valence-electron chi connectivity index (χ3n) is 5.54. The summed E-state index contributed by atoms with van der Waals surface area (Å²) in [6.07, 6.45) is -4.64. The Morgan fingerprint density at radius 1 is 0.917 bits per heavy atom. The van der Waals surface area contributed by atoms with E-state index >= 15 is 0 Å². The van der Waals surface area contributed by atoms with Crippen molar-refractivity contribution in [3.8, 4) is 0 Å². The van der Waals surface area contributed by atoms with Crippen LogP contribution >= 0.6 is 11.6 Å². The van der Waals surface area contributed by atoms with Crippen LogP contribution in [-0.2, 0) is 22.3 Å². The first kappa shape index (κ1) is 25.0. The summed E-state index contributed by atoms with van der Waals surface area (Å²) >= 11 is 6.18. The minimum atomic E-state index is -4.64. The second-order valence-corrected chi connectivity index (χ2v) is 8.40. The number of carbonyl (C=O) groups is 3. The topological polar surface area (TPSA) is 78.5 Å². The van der Waals surface area contributed by atoms with Crippen molar-refractivity contribution in [1.29, 1.82) is 0 Å². The summed E-state index contributed by atoms with van der Waals surface area (Å²) in [5.74, 6) is -2.08. The minimum absolute atomic E-state index is 0.0277. The summed E-state index contributed by atoms with van der Waals surface area (Å²) in [4.78, 5) is 39.3. The molecule has 0 unspecified atom stereocenters. The Morgan fingerprint density at radius 2 is 1.58 bits per heavy atom. The van der Waals surface area contributed by atoms with Crippen LogP contribution in [0.1, 0.15) is 27.0 Å². The van der Waals surface area contributed by atoms with E-state index in [0.29, 0.717) is 11.3 Å². The van der Waals surface area contributed by atoms with Gasteiger partial charge < -0.3 is 10.6 Å². The van der Waals surface area contributed by atoms with E-state index < -0.39 is 29.5 Å². The molecular formula is C26H19ClF3N3O3. The highest BCUT2D eigenvalue weighted by molar-refractivity contribution is 6.48. The predicted octanol–water partition coefficient (Wildman–Crippen LogP) is 5.70. The maximum Gasteiger partial charge on any atom is 0.418 e. The number of alkyl halides is 3. The minimum Gasteiger partial charge on any atom is -0.349 e. The van der Waals surface area contributed by atoms with Gasteiger partial charge >= 0.3 is 6.18 Å². The number of nitrogens with one attached hydrogen (secondary N) is 2. The number of carbonyl (C=O) groups excluding carboxylic acids is 3. The van der Waals surface area contributed by atoms with E-state index in [-0.39, 0.29) is 28.5 Å². The molecule has 3 aromatic rings. The molecular weight excluding hydrogens is 495 g/mol. The van der Waals surface area contributed by atoms with Crippen LogP contribution in [0.25, 0.3) is 0 Å². The van der Waals surface area contributed by atoms with E-state index in [1.807, 2.05) is 6.07 Å². The van der Waals surface area contributed by atoms with Crippen molar-refractivity contribution in [3.63, 3.8) is 0 Å². The highest BCUT2D eigenvalue weighted by atomic mass is 35.5. The number of anilines is 2. The molecule has 0 bridgehead atoms. The Kier molecular flexibility index (Phi) is 6.85. The average molecular weight is 514 g/mol. The number of imide groups is 1. The monoisotopic (exact) mass is 513 g/mol. The van der Waals surface area contributed by atoms with Gasteiger partial charge in [-0.3, -0.25) is 19.3 Å². The molecule has 1 heterocycles. The molecule has 3 amide bonds. The number of amides is 3. The molecule has 0 atom stereocenters. The normalized spacial score (nSPS) is 13.9. The fourth-order valence-electron chi connectivity index (χ4n) is 3.63. The van der Waals surface area contributed by atoms with E-state index in [1.165, 1.54) is 24.3 Å². The van der Waals surface area contributed by atoms with Crippen LogP contribution in [0, 0.1) is 6.92 Å². The molecule has 0 saturated heterocycles. The van der Waals surface area contributed by atoms with Crippen LogP contribution in [0.15, 0.2) is 83.5 Å². The zero-order chi connectivity index (χ0) is 26.0. The number of para-hydroxylation sites is 1. The quantitative estimate of drug-likeness (QED) is 0.415. The molecule has 10 heteroatoms. The van der Waals surface area contributed by atoms with E-state index in [2.05, 4.69) is 10.6 Å². The van der Waals surface area contributed by atoms with Gasteiger partial charge in [0.05, 0.1) is 17.8 Å². The van der Waals surface area contributed by atoms with Gasteiger partial charge in [0.1, 0.15) is 10.7 Å². The molecule has 1 aliphatic heterocycles. The van der Waals surface area contributed by atoms with Crippen LogP contribution < -0.4 is 10.6 Å². The average Bonchev–Trinajstić information content (AvgIpc) is 3.04. The van der Waals surface area contributed by atoms with Crippen LogP contribution in [0.2, 0.25) is 0 Å². The Labute approximate surface area is 209 Å². The van der Waals surface area contributed by atoms with Crippen molar-refractivity contribution in [3.05, 3.63) is 106 Å². The molecule has 0 fully saturated rings. The van der Waals surface area contributed by atoms with E-state index in [1.54, 1.807) is 37.3 Å². The van der Waals surface area contributed by atoms with E-state index in [0.717, 1.165) is 22.6 Å². The molecule has 0 radical (unpaired) electrons. The van der Waals surface area contributed by atoms with Crippen LogP contribution in [0.5, 0.6) is 0 Å². The Hall–Kier alpha value is -4.11. The summed E-state index contributed by atoms with van der Waals surface area (Å²) in [5.41, 5.74) is 0.163. The van der Waals surface area contributed by atoms with Gasteiger partial charge in [-0.05, 0) is 42.3 Å². The van der Waals surface area contributed by atoms with Gasteiger partial charge in [0.15, 0.2) is 0 Å². The summed E-state index contributed by atoms with van der Waals surface area (Å²) in [7, 11) is 0. The van der Waals surface area contributed by atoms with E-state index in [4.69, 9.17) is 11.6 Å². The SMILES string of the molecule is Cc1ccc(C(=O)Nc2ccccc2C(F)(F)F)cc1NC1=C(Cl)C(=O)N(Cc2ccccc2)C1=O. The van der Waals surface area contributed by atoms with Crippen LogP contribution in [-0.4, -0.2) is 22.6 Å². The number of halogens is 4. The molecule has 3 aromatic carbocycles. The standard InChI is InChI=1S/C26H19ClF3N3O3/c1-15-11-12-17(23(34)32-19-10-6-5-9-18(19)26(28,29)30)13-20(15)31-22-21(27)24(35)33(25(22)36)14-16-7-3-2-4-8-16/h2-13,31H,14H2,1H3,(H,32,34). The first-order valence-corrected chi connectivity index (χ1v) is 11.1. The molecule has 184 valence electrons. The smallest absolute Gasteiger partial charge is 0.349 e. The van der Waals surface area contributed by atoms with Crippen molar-refractivity contribution in [2.24, 2.45) is 0 Å². The largest absolute Gasteiger partial charge is 0.418 e. The van der Waals surface area contributed by atoms with Gasteiger partial charge in [0.2, 0.25) is 0 Å². The van der Waals surface area contributed by atoms with Gasteiger partial charge in [-0.15, -0.1) is 0 Å². The number of aryl methyl sites for hydroxylation is 1. The Balaban J connectivity index is 1.56. The zero-order valence-electron chi connectivity index (χ0n) is 18.8. The first-order chi connectivity index (χ1) is 17.1. The Bertz CT molecular complexity index is 1390. The van der Waals surface area contributed by atoms with Crippen molar-refractivity contribution in [2.45, 2.75) is 19.6 Å². The third kappa shape index (κ3) is 5.11. The molecule has 36 heavy (non-hydrogen) atoms. The summed E-state index contributed by atoms with van der Waals surface area (Å²) in [6, 6.07) is 17.9. The number of rotatable bonds is 6. The zero-order valence-corrected chi connectivity index (χ0v) is 19.6. The number of benzene rings is 3. The predicted molar refractivity (Wildman–Crippen MR) is 129 cm³/mol. The van der Waals surface area contributed by atoms with Gasteiger partial charge in [-0.1, -0.05) is 60.1 Å². The fourth-order valence-corrected chi connectivity index (χ4v) is 3.86. The highest BCUT2D eigenvalue weighted by Crippen LogP contribution is 2.35. The van der Waals surface area contributed by atoms with Crippen molar-refractivity contribution >= 4 is 40.7 Å². The maximum absolute atomic E-state index is 13.3. The first-order valence-electron chi connectivity index (χ1n) is 10.7. The number of hydrogen-bond donors (Lipinski definition) is 2. The number of nitrogens with zero attached hydrogens (tertiary/aromatic N) is 1. The molecule has 1 aliphatic rings. The molecule has 0 spiro atoms. The highest BCUT2D eigenvalue weighted by Gasteiger charge is 2.38. The summed E-state index contributed by atoms with van der Waals surface area (Å²) < 4.78 is 39.8. The van der Waals surface area contributed by atoms with Crippen molar-refractivity contribution in [2.75, 3.05) is 10.6 Å². The molecule has 0 aliphatic carbocycles. The molecule has 0 saturated carbocycles. The number of hydrogen-bond acceptors (Lipinski definition) is 4. The lowest BCUT2D eigenvalue weighted by molar-refractivity contribution is -0.138. The molecule has 6 nitrogen and oxygen atoms in total. The molecule has 0 aromatic heterocycles. The fraction of sp³-hybridized carbons (Fsp3) is 0.115. The maximum atomic E-state index is 13.3. The third-order valence-corrected chi connectivity index (χ3v) is 5.89. The van der Waals surface area contributed by atoms with Gasteiger partial charge in [-0.25, -0.2) is 0 Å². The van der Waals surface area contributed by atoms with Gasteiger partial charge in [0.25, 0.3) is 17.7 Å². The molecule has 2 N–H and O–H groups in total. The molecule has 4 rings (SSSR count).